The van der Waals surface area contributed by atoms with Crippen molar-refractivity contribution < 1.29 is 41.0 Å². The number of hydrogen-bond acceptors (Lipinski definition) is 27. The van der Waals surface area contributed by atoms with E-state index in [4.69, 9.17) is 87.3 Å². The molecule has 0 aliphatic rings. The average molecular weight is 2130 g/mol. The van der Waals surface area contributed by atoms with Gasteiger partial charge in [0.2, 0.25) is 0 Å². The van der Waals surface area contributed by atoms with E-state index in [2.05, 4.69) is 188 Å². The average Bonchev–Trinajstić information content (AvgIpc) is 0.799. The topological polar surface area (TPSA) is 487 Å². The zero-order chi connectivity index (χ0) is 93.7. The van der Waals surface area contributed by atoms with E-state index in [0.717, 1.165) is 43.8 Å². The standard InChI is InChI=1S/C11H12N2Si.C10H14N2O3.C10H12N2O2.C9H13NO3S.C8H5ClN2.C8H5N5.C8H7N3.C8H6N2O.C6H3ClN2.C5H10Si.CH3Cl.15CH4.Cl3OP/c1-14(2,3)8-6-11-10(9-12)5-4-7-13-11;1-14-9(15-2)6-8-7(10(11)13)4-3-5-12-8;1-13-10(14-2)6-9-8(7-11)4-3-5-12-9;1-6-4-7(2)9(8(3)5-6)14(11,12)13-10;9-8-6-2-1-4-10-7(6)3-5-11-8;9-13-12-8-6-2-1-4-10-7(6)3-5-11-8;9-8-6-2-1-4-10-7(6)3-5-11-8;11-8-6-2-1-4-9-7(6)3-5-10-8;7-6-5(4-8)2-1-3-9-6;1-5-6(2,3)4;1-2;;;;;;;;;;;;;;;;1-5(2,3)4/h4-5,7H,1-3H3;3-5,9H,6H2,1-2H3,(H2,11,13);3-5,10H,6H2,1-2H3;4-5H,10H2,1-3H3;1-5H;1-5H;1-5H,(H2,9,11);1-5H,(H,10,11);1-3H;1H,2-4H3;1H3;15*1H4;. The minimum absolute atomic E-state index is 0. The Morgan fingerprint density at radius 3 is 1.27 bits per heavy atom. The second-order valence-corrected chi connectivity index (χ2v) is 44.7. The van der Waals surface area contributed by atoms with E-state index in [0.29, 0.717) is 85.5 Å². The van der Waals surface area contributed by atoms with Gasteiger partial charge in [-0.1, -0.05) is 198 Å². The molecule has 772 valence electrons. The van der Waals surface area contributed by atoms with Gasteiger partial charge in [0.25, 0.3) is 11.5 Å². The van der Waals surface area contributed by atoms with Crippen molar-refractivity contribution in [2.45, 2.75) is 202 Å². The molecule has 12 aromatic heterocycles. The van der Waals surface area contributed by atoms with Gasteiger partial charge in [-0.25, -0.2) is 19.9 Å². The van der Waals surface area contributed by atoms with Crippen molar-refractivity contribution >= 4 is 161 Å². The van der Waals surface area contributed by atoms with E-state index in [1.807, 2.05) is 55.5 Å². The summed E-state index contributed by atoms with van der Waals surface area (Å²) in [4.78, 5) is 71.7. The lowest BCUT2D eigenvalue weighted by Crippen LogP contribution is -2.21. The summed E-state index contributed by atoms with van der Waals surface area (Å²) in [5, 5.41) is 30.2. The third kappa shape index (κ3) is 61.6. The molecule has 1 amide bonds. The normalized spacial score (nSPS) is 9.05. The van der Waals surface area contributed by atoms with Gasteiger partial charge in [-0.05, 0) is 198 Å². The van der Waals surface area contributed by atoms with E-state index in [1.54, 1.807) is 193 Å². The van der Waals surface area contributed by atoms with Crippen molar-refractivity contribution in [3.05, 3.63) is 295 Å². The maximum absolute atomic E-state index is 11.4. The SMILES string of the molecule is C.C.C.C.C.C.C.C.C.C.C.C.C.C.C.C#C[Si](C)(C)C.CCl.COC(Cc1ncccc1C#N)OC.COC(Cc1ncccc1C(N)=O)OC.C[Si](C)(C)C#Cc1ncccc1C#N.Cc1cc(C)c(S(=O)(=O)ON)c(C)c1.Clc1nccc2ncccc12.N#Cc1cccnc1Cl.Nc1nccc2ncccc12.O=P(Cl)(Cl)Cl.O=c1[nH]ccc2ncccc12.[N-]=[N+]=Nc1nccc2ncccc12. The highest BCUT2D eigenvalue weighted by Crippen LogP contribution is 2.61. The molecule has 13 rings (SSSR count). The number of carbonyl (C=O) groups excluding carboxylic acids is 1. The number of nitrogens with one attached hydrogen (secondary N) is 1. The van der Waals surface area contributed by atoms with Crippen LogP contribution in [0.3, 0.4) is 0 Å². The fraction of sp³-hybridized carbons (Fsp3) is 0.333. The first-order chi connectivity index (χ1) is 59.4. The maximum atomic E-state index is 11.4. The van der Waals surface area contributed by atoms with Gasteiger partial charge in [0.15, 0.2) is 12.6 Å². The van der Waals surface area contributed by atoms with Crippen LogP contribution < -0.4 is 22.9 Å². The smallest absolute Gasteiger partial charge is 0.339 e. The van der Waals surface area contributed by atoms with Crippen LogP contribution in [0.1, 0.15) is 172 Å². The Labute approximate surface area is 867 Å². The van der Waals surface area contributed by atoms with Gasteiger partial charge in [-0.3, -0.25) is 49.0 Å². The Balaban J connectivity index is -0.000000103. The number of nitriles is 3. The molecule has 0 fully saturated rings. The van der Waals surface area contributed by atoms with Gasteiger partial charge in [0, 0.05) is 143 Å². The van der Waals surface area contributed by atoms with Crippen LogP contribution >= 0.6 is 73.7 Å². The number of halogens is 6. The maximum Gasteiger partial charge on any atom is 0.339 e. The van der Waals surface area contributed by atoms with Gasteiger partial charge < -0.3 is 35.4 Å². The highest BCUT2D eigenvalue weighted by Gasteiger charge is 2.20. The van der Waals surface area contributed by atoms with Crippen LogP contribution in [-0.4, -0.2) is 138 Å². The number of benzene rings is 1. The van der Waals surface area contributed by atoms with Crippen LogP contribution in [0.15, 0.2) is 223 Å². The zero-order valence-electron chi connectivity index (χ0n) is 70.3. The summed E-state index contributed by atoms with van der Waals surface area (Å²) in [6.07, 6.45) is 26.5. The summed E-state index contributed by atoms with van der Waals surface area (Å²) < 4.78 is 56.4. The Morgan fingerprint density at radius 1 is 0.514 bits per heavy atom. The van der Waals surface area contributed by atoms with Crippen LogP contribution in [0, 0.1) is 78.2 Å². The molecule has 0 spiro atoms. The van der Waals surface area contributed by atoms with Gasteiger partial charge >= 0.3 is 15.3 Å². The number of aromatic amines is 1. The molecule has 7 N–H and O–H groups in total. The quantitative estimate of drug-likeness (QED) is 0.00843. The van der Waals surface area contributed by atoms with Crippen molar-refractivity contribution in [3.8, 4) is 41.6 Å². The molecule has 0 saturated carbocycles. The van der Waals surface area contributed by atoms with Crippen molar-refractivity contribution in [1.82, 2.24) is 59.8 Å². The fourth-order valence-electron chi connectivity index (χ4n) is 9.41. The van der Waals surface area contributed by atoms with Gasteiger partial charge in [-0.2, -0.15) is 34.4 Å². The predicted octanol–water partition coefficient (Wildman–Crippen LogP) is 28.1. The summed E-state index contributed by atoms with van der Waals surface area (Å²) in [5.74, 6) is 8.12. The molecule has 13 aromatic rings. The second kappa shape index (κ2) is 85.1. The number of aryl methyl sites for hydroxylation is 3. The number of fused-ring (bicyclic) bond motifs is 4. The van der Waals surface area contributed by atoms with Crippen LogP contribution in [0.25, 0.3) is 54.1 Å². The number of ether oxygens (including phenoxy) is 4. The Bertz CT molecular complexity index is 6030. The first-order valence-corrected chi connectivity index (χ1v) is 50.5. The number of anilines is 1. The zero-order valence-corrected chi connectivity index (χ0v) is 78.6. The Morgan fingerprint density at radius 2 is 0.871 bits per heavy atom. The number of nitrogen functional groups attached to an aromatic ring is 1. The van der Waals surface area contributed by atoms with Gasteiger partial charge in [0.05, 0.1) is 61.1 Å². The molecule has 12 heterocycles. The summed E-state index contributed by atoms with van der Waals surface area (Å²) >= 11 is 29.8. The number of carbonyl (C=O) groups is 1. The lowest BCUT2D eigenvalue weighted by molar-refractivity contribution is -0.101. The van der Waals surface area contributed by atoms with Crippen molar-refractivity contribution in [1.29, 1.82) is 15.8 Å². The number of amides is 1. The number of alkyl halides is 1. The van der Waals surface area contributed by atoms with Crippen LogP contribution in [0.4, 0.5) is 11.6 Å². The molecule has 0 aliphatic carbocycles. The number of nitrogens with zero attached hydrogens (tertiary/aromatic N) is 17. The van der Waals surface area contributed by atoms with E-state index < -0.39 is 43.7 Å². The van der Waals surface area contributed by atoms with Crippen LogP contribution in [-0.2, 0) is 50.8 Å². The van der Waals surface area contributed by atoms with E-state index >= 15 is 0 Å². The summed E-state index contributed by atoms with van der Waals surface area (Å²) in [6, 6.07) is 45.0. The molecule has 0 atom stereocenters. The first-order valence-electron chi connectivity index (χ1n) is 36.2. The molecule has 31 nitrogen and oxygen atoms in total. The minimum atomic E-state index is -3.80. The number of terminal acetylenes is 1. The molecule has 140 heavy (non-hydrogen) atoms. The molecule has 0 radical (unpaired) electrons. The molecular weight excluding hydrogens is 1980 g/mol. The second-order valence-electron chi connectivity index (χ2n) is 26.3. The lowest BCUT2D eigenvalue weighted by Gasteiger charge is -2.13. The van der Waals surface area contributed by atoms with Gasteiger partial charge in [-0.15, -0.1) is 29.1 Å². The summed E-state index contributed by atoms with van der Waals surface area (Å²) in [6.45, 7) is 18.3. The van der Waals surface area contributed by atoms with E-state index in [9.17, 15) is 22.6 Å². The minimum Gasteiger partial charge on any atom is -0.383 e. The number of H-pyrrole nitrogens is 1. The number of methoxy groups -OCH3 is 4. The van der Waals surface area contributed by atoms with E-state index in [1.165, 1.54) is 20.6 Å². The number of primary amides is 1. The molecular formula is C99H150Cl6N21O10PSSi2. The number of pyridine rings is 12. The molecule has 0 saturated heterocycles. The third-order valence-electron chi connectivity index (χ3n) is 14.9. The molecule has 41 heteroatoms. The molecule has 0 aliphatic heterocycles. The Hall–Kier alpha value is -11.9. The highest BCUT2D eigenvalue weighted by molar-refractivity contribution is 8.24. The number of aromatic nitrogens is 12. The van der Waals surface area contributed by atoms with Crippen molar-refractivity contribution in [2.24, 2.45) is 16.7 Å². The summed E-state index contributed by atoms with van der Waals surface area (Å²) in [5.41, 5.74) is 34.3. The lowest BCUT2D eigenvalue weighted by atomic mass is 10.1. The van der Waals surface area contributed by atoms with Crippen molar-refractivity contribution in [2.75, 3.05) is 40.6 Å². The van der Waals surface area contributed by atoms with Crippen LogP contribution in [0.5, 0.6) is 0 Å². The number of nitrogens with two attached hydrogens (primary N) is 3. The molecule has 1 aromatic carbocycles. The molecule has 0 bridgehead atoms. The largest absolute Gasteiger partial charge is 0.383 e. The molecule has 0 unspecified atom stereocenters. The van der Waals surface area contributed by atoms with Crippen molar-refractivity contribution in [3.63, 3.8) is 0 Å². The number of hydrogen-bond donors (Lipinski definition) is 4. The third-order valence-corrected chi connectivity index (χ3v) is 18.7. The fourth-order valence-corrected chi connectivity index (χ4v) is 11.3. The van der Waals surface area contributed by atoms with Crippen LogP contribution in [0.2, 0.25) is 49.6 Å². The predicted molar refractivity (Wildman–Crippen MR) is 600 cm³/mol. The first kappa shape index (κ1) is 159. The number of azide groups is 1. The summed E-state index contributed by atoms with van der Waals surface area (Å²) in [7, 11) is -0.113. The monoisotopic (exact) mass is 2120 g/mol. The highest BCUT2D eigenvalue weighted by atomic mass is 36.0. The Kier molecular flexibility index (Phi) is 96.7. The van der Waals surface area contributed by atoms with Gasteiger partial charge in [0.1, 0.15) is 66.9 Å². The van der Waals surface area contributed by atoms with E-state index in [-0.39, 0.29) is 133 Å². The number of rotatable bonds is 12.